The van der Waals surface area contributed by atoms with Gasteiger partial charge in [0.15, 0.2) is 0 Å². The summed E-state index contributed by atoms with van der Waals surface area (Å²) in [6, 6.07) is 2.36. The molecule has 7 heteroatoms. The van der Waals surface area contributed by atoms with Gasteiger partial charge in [-0.25, -0.2) is 13.2 Å². The van der Waals surface area contributed by atoms with E-state index in [1.807, 2.05) is 11.4 Å². The van der Waals surface area contributed by atoms with Crippen molar-refractivity contribution in [3.8, 4) is 0 Å². The third-order valence-electron chi connectivity index (χ3n) is 2.67. The molecule has 1 atom stereocenters. The van der Waals surface area contributed by atoms with Crippen LogP contribution in [0.15, 0.2) is 28.1 Å². The summed E-state index contributed by atoms with van der Waals surface area (Å²) in [5, 5.41) is 1.85. The quantitative estimate of drug-likeness (QED) is 0.652. The van der Waals surface area contributed by atoms with E-state index in [1.54, 1.807) is 0 Å². The van der Waals surface area contributed by atoms with E-state index >= 15 is 0 Å². The van der Waals surface area contributed by atoms with E-state index in [1.165, 1.54) is 11.3 Å². The zero-order valence-electron chi connectivity index (χ0n) is 9.59. The van der Waals surface area contributed by atoms with Gasteiger partial charge in [-0.05, 0) is 27.4 Å². The van der Waals surface area contributed by atoms with Crippen molar-refractivity contribution in [2.45, 2.75) is 12.5 Å². The highest BCUT2D eigenvalue weighted by Crippen LogP contribution is 2.30. The topological polar surface area (TPSA) is 38.0 Å². The number of benzene rings is 1. The van der Waals surface area contributed by atoms with Crippen LogP contribution in [-0.2, 0) is 6.42 Å². The van der Waals surface area contributed by atoms with Crippen LogP contribution in [0.5, 0.6) is 0 Å². The van der Waals surface area contributed by atoms with E-state index in [2.05, 4.69) is 21.4 Å². The first kappa shape index (κ1) is 14.5. The van der Waals surface area contributed by atoms with Crippen molar-refractivity contribution in [2.75, 3.05) is 0 Å². The Morgan fingerprint density at radius 2 is 1.89 bits per heavy atom. The molecule has 0 bridgehead atoms. The molecule has 19 heavy (non-hydrogen) atoms. The first-order valence-electron chi connectivity index (χ1n) is 5.35. The molecular weight excluding hydrogens is 341 g/mol. The van der Waals surface area contributed by atoms with Crippen LogP contribution in [0.25, 0.3) is 0 Å². The molecule has 2 aromatic rings. The van der Waals surface area contributed by atoms with E-state index < -0.39 is 23.5 Å². The van der Waals surface area contributed by atoms with Crippen LogP contribution >= 0.6 is 27.3 Å². The van der Waals surface area contributed by atoms with E-state index in [0.717, 1.165) is 9.35 Å². The van der Waals surface area contributed by atoms with E-state index in [-0.39, 0.29) is 5.56 Å². The van der Waals surface area contributed by atoms with Gasteiger partial charge in [0.05, 0.1) is 6.04 Å². The highest BCUT2D eigenvalue weighted by atomic mass is 79.9. The third-order valence-corrected chi connectivity index (χ3v) is 4.62. The molecule has 0 saturated carbocycles. The Morgan fingerprint density at radius 3 is 2.37 bits per heavy atom. The maximum atomic E-state index is 13.7. The van der Waals surface area contributed by atoms with Crippen molar-refractivity contribution in [3.05, 3.63) is 55.9 Å². The molecule has 0 radical (unpaired) electrons. The molecule has 0 spiro atoms. The molecule has 1 heterocycles. The number of rotatable bonds is 4. The molecule has 1 aromatic heterocycles. The second kappa shape index (κ2) is 6.04. The Morgan fingerprint density at radius 1 is 1.26 bits per heavy atom. The minimum absolute atomic E-state index is 0.260. The summed E-state index contributed by atoms with van der Waals surface area (Å²) < 4.78 is 41.1. The fraction of sp³-hybridized carbons (Fsp3) is 0.167. The van der Waals surface area contributed by atoms with Crippen molar-refractivity contribution in [1.82, 2.24) is 5.43 Å². The summed E-state index contributed by atoms with van der Waals surface area (Å²) >= 11 is 4.78. The molecule has 3 N–H and O–H groups in total. The monoisotopic (exact) mass is 350 g/mol. The van der Waals surface area contributed by atoms with Gasteiger partial charge in [0.1, 0.15) is 17.5 Å². The van der Waals surface area contributed by atoms with Crippen molar-refractivity contribution >= 4 is 27.3 Å². The summed E-state index contributed by atoms with van der Waals surface area (Å²) in [5.74, 6) is 2.51. The molecule has 0 aliphatic carbocycles. The third kappa shape index (κ3) is 3.17. The van der Waals surface area contributed by atoms with Crippen LogP contribution < -0.4 is 11.3 Å². The zero-order valence-corrected chi connectivity index (χ0v) is 12.0. The van der Waals surface area contributed by atoms with Crippen LogP contribution in [0, 0.1) is 17.5 Å². The highest BCUT2D eigenvalue weighted by Gasteiger charge is 2.22. The molecule has 102 valence electrons. The van der Waals surface area contributed by atoms with Gasteiger partial charge in [0.25, 0.3) is 0 Å². The molecule has 0 saturated heterocycles. The predicted octanol–water partition coefficient (Wildman–Crippen LogP) is 3.68. The van der Waals surface area contributed by atoms with Gasteiger partial charge < -0.3 is 0 Å². The van der Waals surface area contributed by atoms with Crippen LogP contribution in [-0.4, -0.2) is 0 Å². The minimum atomic E-state index is -0.952. The average Bonchev–Trinajstić information content (AvgIpc) is 2.72. The fourth-order valence-electron chi connectivity index (χ4n) is 1.79. The maximum absolute atomic E-state index is 13.7. The molecule has 1 aromatic carbocycles. The molecule has 0 amide bonds. The Bertz CT molecular complexity index is 565. The summed E-state index contributed by atoms with van der Waals surface area (Å²) in [6.07, 6.45) is 0.300. The first-order valence-corrected chi connectivity index (χ1v) is 7.02. The van der Waals surface area contributed by atoms with Crippen molar-refractivity contribution in [1.29, 1.82) is 0 Å². The van der Waals surface area contributed by atoms with Gasteiger partial charge in [-0.15, -0.1) is 11.3 Å². The number of nitrogens with two attached hydrogens (primary N) is 1. The largest absolute Gasteiger partial charge is 0.271 e. The lowest BCUT2D eigenvalue weighted by molar-refractivity contribution is 0.463. The lowest BCUT2D eigenvalue weighted by atomic mass is 10.0. The molecule has 2 nitrogen and oxygen atoms in total. The lowest BCUT2D eigenvalue weighted by Crippen LogP contribution is -2.31. The second-order valence-corrected chi connectivity index (χ2v) is 5.75. The number of nitrogens with one attached hydrogen (secondary N) is 1. The molecular formula is C12H10BrF3N2S. The van der Waals surface area contributed by atoms with Gasteiger partial charge in [-0.1, -0.05) is 0 Å². The zero-order chi connectivity index (χ0) is 14.0. The minimum Gasteiger partial charge on any atom is -0.271 e. The predicted molar refractivity (Wildman–Crippen MR) is 72.1 cm³/mol. The molecule has 0 fully saturated rings. The normalized spacial score (nSPS) is 12.7. The Kier molecular flexibility index (Phi) is 4.62. The van der Waals surface area contributed by atoms with Crippen LogP contribution in [0.4, 0.5) is 13.2 Å². The Balaban J connectivity index is 2.35. The maximum Gasteiger partial charge on any atom is 0.133 e. The van der Waals surface area contributed by atoms with E-state index in [0.29, 0.717) is 18.6 Å². The van der Waals surface area contributed by atoms with E-state index in [4.69, 9.17) is 5.84 Å². The number of halogens is 4. The Hall–Kier alpha value is -0.890. The molecule has 2 rings (SSSR count). The SMILES string of the molecule is NNC(Cc1sccc1Br)c1c(F)cc(F)cc1F. The number of hydrogen-bond acceptors (Lipinski definition) is 3. The molecule has 0 aliphatic heterocycles. The van der Waals surface area contributed by atoms with Gasteiger partial charge in [-0.2, -0.15) is 0 Å². The van der Waals surface area contributed by atoms with E-state index in [9.17, 15) is 13.2 Å². The van der Waals surface area contributed by atoms with Crippen LogP contribution in [0.2, 0.25) is 0 Å². The van der Waals surface area contributed by atoms with Crippen molar-refractivity contribution < 1.29 is 13.2 Å². The summed E-state index contributed by atoms with van der Waals surface area (Å²) in [4.78, 5) is 0.895. The van der Waals surface area contributed by atoms with Crippen molar-refractivity contribution in [3.63, 3.8) is 0 Å². The fourth-order valence-corrected chi connectivity index (χ4v) is 3.35. The standard InChI is InChI=1S/C12H10BrF3N2S/c13-7-1-2-19-11(7)5-10(18-17)12-8(15)3-6(14)4-9(12)16/h1-4,10,18H,5,17H2. The summed E-state index contributed by atoms with van der Waals surface area (Å²) in [7, 11) is 0. The molecule has 1 unspecified atom stereocenters. The smallest absolute Gasteiger partial charge is 0.133 e. The Labute approximate surface area is 120 Å². The highest BCUT2D eigenvalue weighted by molar-refractivity contribution is 9.10. The van der Waals surface area contributed by atoms with Crippen LogP contribution in [0.3, 0.4) is 0 Å². The first-order chi connectivity index (χ1) is 9.02. The average molecular weight is 351 g/mol. The van der Waals surface area contributed by atoms with Crippen molar-refractivity contribution in [2.24, 2.45) is 5.84 Å². The number of thiophene rings is 1. The van der Waals surface area contributed by atoms with Gasteiger partial charge in [0, 0.05) is 33.5 Å². The van der Waals surface area contributed by atoms with Crippen LogP contribution in [0.1, 0.15) is 16.5 Å². The number of hydrogen-bond donors (Lipinski definition) is 2. The summed E-state index contributed by atoms with van der Waals surface area (Å²) in [6.45, 7) is 0. The van der Waals surface area contributed by atoms with Gasteiger partial charge >= 0.3 is 0 Å². The van der Waals surface area contributed by atoms with Gasteiger partial charge in [0.2, 0.25) is 0 Å². The molecule has 0 aliphatic rings. The second-order valence-electron chi connectivity index (χ2n) is 3.90. The summed E-state index contributed by atoms with van der Waals surface area (Å²) in [5.41, 5.74) is 2.11. The van der Waals surface area contributed by atoms with Gasteiger partial charge in [-0.3, -0.25) is 11.3 Å². The lowest BCUT2D eigenvalue weighted by Gasteiger charge is -2.17. The number of hydrazine groups is 1.